The maximum atomic E-state index is 12.6. The lowest BCUT2D eigenvalue weighted by atomic mass is 10.0. The standard InChI is InChI=1S/C15H14N4O4/c16-7-3-6-4-8-12(17-9(6)5-7)15(23)19(14(8)22)10-1-2-11(20)18-13(10)21/h4,7,10H,1-3,5,16H2,(H,18,20,21). The van der Waals surface area contributed by atoms with Crippen molar-refractivity contribution in [1.29, 1.82) is 0 Å². The molecule has 3 heterocycles. The molecule has 1 fully saturated rings. The van der Waals surface area contributed by atoms with Crippen LogP contribution in [0.1, 0.15) is 44.9 Å². The monoisotopic (exact) mass is 314 g/mol. The molecule has 4 amide bonds. The molecule has 1 aromatic heterocycles. The molecule has 1 saturated heterocycles. The highest BCUT2D eigenvalue weighted by molar-refractivity contribution is 6.22. The number of amides is 4. The Morgan fingerprint density at radius 1 is 1.17 bits per heavy atom. The van der Waals surface area contributed by atoms with Gasteiger partial charge in [0.25, 0.3) is 11.8 Å². The predicted octanol–water partition coefficient (Wildman–Crippen LogP) is -1.09. The van der Waals surface area contributed by atoms with E-state index in [1.165, 1.54) is 0 Å². The second-order valence-corrected chi connectivity index (χ2v) is 6.11. The number of aromatic nitrogens is 1. The molecule has 8 nitrogen and oxygen atoms in total. The molecule has 0 radical (unpaired) electrons. The van der Waals surface area contributed by atoms with Gasteiger partial charge in [0, 0.05) is 24.6 Å². The molecule has 2 atom stereocenters. The van der Waals surface area contributed by atoms with E-state index >= 15 is 0 Å². The summed E-state index contributed by atoms with van der Waals surface area (Å²) in [5.74, 6) is -2.13. The lowest BCUT2D eigenvalue weighted by molar-refractivity contribution is -0.136. The van der Waals surface area contributed by atoms with E-state index in [0.29, 0.717) is 12.8 Å². The molecule has 8 heteroatoms. The van der Waals surface area contributed by atoms with Gasteiger partial charge in [-0.2, -0.15) is 0 Å². The van der Waals surface area contributed by atoms with Crippen molar-refractivity contribution < 1.29 is 19.2 Å². The first-order valence-electron chi connectivity index (χ1n) is 7.45. The molecule has 4 rings (SSSR count). The van der Waals surface area contributed by atoms with Gasteiger partial charge in [0.05, 0.1) is 5.56 Å². The number of carbonyl (C=O) groups excluding carboxylic acids is 4. The van der Waals surface area contributed by atoms with Gasteiger partial charge >= 0.3 is 0 Å². The van der Waals surface area contributed by atoms with E-state index in [1.807, 2.05) is 0 Å². The fourth-order valence-electron chi connectivity index (χ4n) is 3.42. The number of carbonyl (C=O) groups is 4. The van der Waals surface area contributed by atoms with Gasteiger partial charge in [-0.25, -0.2) is 4.98 Å². The van der Waals surface area contributed by atoms with Crippen molar-refractivity contribution in [3.05, 3.63) is 28.6 Å². The predicted molar refractivity (Wildman–Crippen MR) is 76.3 cm³/mol. The summed E-state index contributed by atoms with van der Waals surface area (Å²) in [4.78, 5) is 53.6. The summed E-state index contributed by atoms with van der Waals surface area (Å²) < 4.78 is 0. The van der Waals surface area contributed by atoms with Crippen LogP contribution in [0.4, 0.5) is 0 Å². The molecule has 3 aliphatic rings. The summed E-state index contributed by atoms with van der Waals surface area (Å²) in [6.07, 6.45) is 1.43. The fraction of sp³-hybridized carbons (Fsp3) is 0.400. The third-order valence-electron chi connectivity index (χ3n) is 4.52. The minimum atomic E-state index is -0.959. The van der Waals surface area contributed by atoms with Crippen LogP contribution >= 0.6 is 0 Å². The molecular formula is C15H14N4O4. The molecule has 0 bridgehead atoms. The topological polar surface area (TPSA) is 122 Å². The normalized spacial score (nSPS) is 26.4. The van der Waals surface area contributed by atoms with Crippen LogP contribution in [0.2, 0.25) is 0 Å². The van der Waals surface area contributed by atoms with Crippen LogP contribution in [0, 0.1) is 0 Å². The summed E-state index contributed by atoms with van der Waals surface area (Å²) >= 11 is 0. The molecule has 3 N–H and O–H groups in total. The van der Waals surface area contributed by atoms with Crippen molar-refractivity contribution in [1.82, 2.24) is 15.2 Å². The zero-order valence-corrected chi connectivity index (χ0v) is 12.2. The number of hydrogen-bond acceptors (Lipinski definition) is 6. The second-order valence-electron chi connectivity index (χ2n) is 6.11. The fourth-order valence-corrected chi connectivity index (χ4v) is 3.42. The number of nitrogens with one attached hydrogen (secondary N) is 1. The Morgan fingerprint density at radius 3 is 2.70 bits per heavy atom. The van der Waals surface area contributed by atoms with Gasteiger partial charge in [0.15, 0.2) is 0 Å². The van der Waals surface area contributed by atoms with E-state index in [0.717, 1.165) is 16.2 Å². The molecule has 1 aliphatic carbocycles. The molecule has 0 aromatic carbocycles. The molecule has 2 aliphatic heterocycles. The Labute approximate surface area is 131 Å². The third kappa shape index (κ3) is 1.98. The van der Waals surface area contributed by atoms with Crippen LogP contribution in [-0.4, -0.2) is 45.6 Å². The molecular weight excluding hydrogens is 300 g/mol. The van der Waals surface area contributed by atoms with Crippen molar-refractivity contribution in [3.63, 3.8) is 0 Å². The second kappa shape index (κ2) is 4.69. The van der Waals surface area contributed by atoms with Crippen molar-refractivity contribution in [3.8, 4) is 0 Å². The lowest BCUT2D eigenvalue weighted by Crippen LogP contribution is -2.54. The van der Waals surface area contributed by atoms with Gasteiger partial charge in [-0.3, -0.25) is 29.4 Å². The molecule has 1 aromatic rings. The minimum Gasteiger partial charge on any atom is -0.327 e. The zero-order valence-electron chi connectivity index (χ0n) is 12.2. The van der Waals surface area contributed by atoms with E-state index in [1.54, 1.807) is 6.07 Å². The van der Waals surface area contributed by atoms with E-state index in [9.17, 15) is 19.2 Å². The smallest absolute Gasteiger partial charge is 0.280 e. The highest BCUT2D eigenvalue weighted by Gasteiger charge is 2.46. The number of imide groups is 2. The molecule has 2 unspecified atom stereocenters. The number of hydrogen-bond donors (Lipinski definition) is 2. The van der Waals surface area contributed by atoms with E-state index < -0.39 is 29.7 Å². The number of rotatable bonds is 1. The summed E-state index contributed by atoms with van der Waals surface area (Å²) in [5.41, 5.74) is 7.79. The van der Waals surface area contributed by atoms with Gasteiger partial charge < -0.3 is 5.73 Å². The van der Waals surface area contributed by atoms with E-state index in [2.05, 4.69) is 10.3 Å². The van der Waals surface area contributed by atoms with Gasteiger partial charge in [-0.05, 0) is 24.5 Å². The number of piperidine rings is 1. The van der Waals surface area contributed by atoms with Crippen LogP contribution in [0.15, 0.2) is 6.07 Å². The maximum Gasteiger partial charge on any atom is 0.280 e. The molecule has 0 spiro atoms. The first-order valence-corrected chi connectivity index (χ1v) is 7.45. The number of fused-ring (bicyclic) bond motifs is 2. The maximum absolute atomic E-state index is 12.6. The Bertz CT molecular complexity index is 743. The SMILES string of the molecule is NC1Cc2cc3c(nc2C1)C(=O)N(C1CCC(=O)NC1=O)C3=O. The number of nitrogens with zero attached hydrogens (tertiary/aromatic N) is 2. The van der Waals surface area contributed by atoms with Crippen molar-refractivity contribution in [2.45, 2.75) is 37.8 Å². The van der Waals surface area contributed by atoms with Crippen molar-refractivity contribution in [2.24, 2.45) is 5.73 Å². The third-order valence-corrected chi connectivity index (χ3v) is 4.52. The minimum absolute atomic E-state index is 0.0449. The summed E-state index contributed by atoms with van der Waals surface area (Å²) in [5, 5.41) is 2.16. The molecule has 23 heavy (non-hydrogen) atoms. The van der Waals surface area contributed by atoms with Crippen LogP contribution in [0.3, 0.4) is 0 Å². The van der Waals surface area contributed by atoms with Crippen LogP contribution in [0.5, 0.6) is 0 Å². The molecule has 0 saturated carbocycles. The quantitative estimate of drug-likeness (QED) is 0.635. The van der Waals surface area contributed by atoms with E-state index in [-0.39, 0.29) is 30.1 Å². The van der Waals surface area contributed by atoms with Gasteiger partial charge in [0.1, 0.15) is 11.7 Å². The Balaban J connectivity index is 1.71. The summed E-state index contributed by atoms with van der Waals surface area (Å²) in [6, 6.07) is 0.659. The van der Waals surface area contributed by atoms with Crippen molar-refractivity contribution in [2.75, 3.05) is 0 Å². The van der Waals surface area contributed by atoms with Gasteiger partial charge in [-0.1, -0.05) is 0 Å². The zero-order chi connectivity index (χ0) is 16.3. The number of pyridine rings is 1. The van der Waals surface area contributed by atoms with Crippen molar-refractivity contribution >= 4 is 23.6 Å². The lowest BCUT2D eigenvalue weighted by Gasteiger charge is -2.27. The molecule has 118 valence electrons. The van der Waals surface area contributed by atoms with Gasteiger partial charge in [-0.15, -0.1) is 0 Å². The van der Waals surface area contributed by atoms with Crippen LogP contribution in [-0.2, 0) is 22.4 Å². The first-order chi connectivity index (χ1) is 11.0. The highest BCUT2D eigenvalue weighted by atomic mass is 16.2. The Hall–Kier alpha value is -2.61. The first kappa shape index (κ1) is 14.0. The number of nitrogens with two attached hydrogens (primary N) is 1. The van der Waals surface area contributed by atoms with E-state index in [4.69, 9.17) is 5.73 Å². The van der Waals surface area contributed by atoms with Gasteiger partial charge in [0.2, 0.25) is 11.8 Å². The summed E-state index contributed by atoms with van der Waals surface area (Å²) in [7, 11) is 0. The average molecular weight is 314 g/mol. The highest BCUT2D eigenvalue weighted by Crippen LogP contribution is 2.30. The van der Waals surface area contributed by atoms with Crippen LogP contribution in [0.25, 0.3) is 0 Å². The Morgan fingerprint density at radius 2 is 1.96 bits per heavy atom. The average Bonchev–Trinajstić information content (AvgIpc) is 2.96. The summed E-state index contributed by atoms with van der Waals surface area (Å²) in [6.45, 7) is 0. The largest absolute Gasteiger partial charge is 0.327 e. The van der Waals surface area contributed by atoms with Crippen LogP contribution < -0.4 is 11.1 Å². The Kier molecular flexibility index (Phi) is 2.86.